The summed E-state index contributed by atoms with van der Waals surface area (Å²) in [6, 6.07) is 7.25. The topological polar surface area (TPSA) is 57.5 Å². The molecule has 0 bridgehead atoms. The third-order valence-corrected chi connectivity index (χ3v) is 2.62. The molecule has 0 radical (unpaired) electrons. The molecule has 1 aromatic rings. The highest BCUT2D eigenvalue weighted by atomic mass is 79.9. The number of aliphatic hydroxyl groups excluding tert-OH is 1. The third kappa shape index (κ3) is 3.12. The van der Waals surface area contributed by atoms with E-state index in [2.05, 4.69) is 15.9 Å². The fourth-order valence-corrected chi connectivity index (χ4v) is 1.71. The maximum absolute atomic E-state index is 10.3. The molecule has 0 aliphatic rings. The Bertz CT molecular complexity index is 325. The van der Waals surface area contributed by atoms with Crippen LogP contribution in [-0.2, 0) is 4.79 Å². The van der Waals surface area contributed by atoms with Crippen LogP contribution in [0.1, 0.15) is 24.5 Å². The molecule has 0 aliphatic heterocycles. The Morgan fingerprint density at radius 3 is 2.64 bits per heavy atom. The van der Waals surface area contributed by atoms with Gasteiger partial charge in [-0.2, -0.15) is 0 Å². The zero-order chi connectivity index (χ0) is 10.6. The summed E-state index contributed by atoms with van der Waals surface area (Å²) in [6.07, 6.45) is -0.512. The van der Waals surface area contributed by atoms with Gasteiger partial charge in [0.1, 0.15) is 0 Å². The van der Waals surface area contributed by atoms with Crippen molar-refractivity contribution >= 4 is 21.9 Å². The highest BCUT2D eigenvalue weighted by Gasteiger charge is 2.11. The van der Waals surface area contributed by atoms with Gasteiger partial charge in [-0.1, -0.05) is 34.1 Å². The molecule has 4 heteroatoms. The Morgan fingerprint density at radius 2 is 2.07 bits per heavy atom. The van der Waals surface area contributed by atoms with E-state index in [0.29, 0.717) is 0 Å². The zero-order valence-electron chi connectivity index (χ0n) is 7.48. The van der Waals surface area contributed by atoms with Gasteiger partial charge in [0.15, 0.2) is 0 Å². The molecule has 2 N–H and O–H groups in total. The van der Waals surface area contributed by atoms with E-state index >= 15 is 0 Å². The first-order valence-corrected chi connectivity index (χ1v) is 5.05. The van der Waals surface area contributed by atoms with Crippen molar-refractivity contribution in [1.29, 1.82) is 0 Å². The summed E-state index contributed by atoms with van der Waals surface area (Å²) in [7, 11) is 0. The van der Waals surface area contributed by atoms with Gasteiger partial charge >= 0.3 is 5.97 Å². The second-order valence-corrected chi connectivity index (χ2v) is 3.82. The van der Waals surface area contributed by atoms with Gasteiger partial charge < -0.3 is 10.2 Å². The number of aliphatic hydroxyl groups is 1. The summed E-state index contributed by atoms with van der Waals surface area (Å²) >= 11 is 3.30. The lowest BCUT2D eigenvalue weighted by Crippen LogP contribution is -2.02. The predicted octanol–water partition coefficient (Wildman–Crippen LogP) is 2.35. The Labute approximate surface area is 90.5 Å². The first-order chi connectivity index (χ1) is 6.61. The first kappa shape index (κ1) is 11.2. The van der Waals surface area contributed by atoms with Gasteiger partial charge in [0.05, 0.1) is 6.10 Å². The van der Waals surface area contributed by atoms with Crippen LogP contribution in [-0.4, -0.2) is 16.2 Å². The average molecular weight is 259 g/mol. The molecule has 0 saturated carbocycles. The van der Waals surface area contributed by atoms with E-state index in [-0.39, 0.29) is 12.8 Å². The summed E-state index contributed by atoms with van der Waals surface area (Å²) < 4.78 is 0.804. The van der Waals surface area contributed by atoms with E-state index in [1.807, 2.05) is 18.2 Å². The van der Waals surface area contributed by atoms with Crippen LogP contribution in [0.5, 0.6) is 0 Å². The van der Waals surface area contributed by atoms with Crippen molar-refractivity contribution in [3.05, 3.63) is 34.3 Å². The summed E-state index contributed by atoms with van der Waals surface area (Å²) in [6.45, 7) is 0. The minimum Gasteiger partial charge on any atom is -0.481 e. The van der Waals surface area contributed by atoms with Crippen LogP contribution >= 0.6 is 15.9 Å². The summed E-state index contributed by atoms with van der Waals surface area (Å²) in [5.74, 6) is -0.892. The van der Waals surface area contributed by atoms with Crippen molar-refractivity contribution in [2.24, 2.45) is 0 Å². The van der Waals surface area contributed by atoms with Crippen molar-refractivity contribution in [2.75, 3.05) is 0 Å². The number of halogens is 1. The molecule has 0 spiro atoms. The summed E-state index contributed by atoms with van der Waals surface area (Å²) in [5, 5.41) is 18.1. The van der Waals surface area contributed by atoms with Crippen LogP contribution in [0.4, 0.5) is 0 Å². The second-order valence-electron chi connectivity index (χ2n) is 2.97. The van der Waals surface area contributed by atoms with Gasteiger partial charge in [0, 0.05) is 10.9 Å². The van der Waals surface area contributed by atoms with Crippen molar-refractivity contribution in [2.45, 2.75) is 18.9 Å². The highest BCUT2D eigenvalue weighted by molar-refractivity contribution is 9.10. The number of hydrogen-bond donors (Lipinski definition) is 2. The maximum atomic E-state index is 10.3. The number of hydrogen-bond acceptors (Lipinski definition) is 2. The van der Waals surface area contributed by atoms with E-state index in [1.54, 1.807) is 6.07 Å². The molecule has 14 heavy (non-hydrogen) atoms. The van der Waals surface area contributed by atoms with Gasteiger partial charge in [-0.15, -0.1) is 0 Å². The average Bonchev–Trinajstić information content (AvgIpc) is 2.15. The number of rotatable bonds is 4. The standard InChI is InChI=1S/C10H11BrO3/c11-8-4-2-1-3-7(8)9(12)5-6-10(13)14/h1-4,9,12H,5-6H2,(H,13,14). The van der Waals surface area contributed by atoms with E-state index in [0.717, 1.165) is 10.0 Å². The van der Waals surface area contributed by atoms with Crippen LogP contribution in [0.2, 0.25) is 0 Å². The summed E-state index contributed by atoms with van der Waals surface area (Å²) in [4.78, 5) is 10.3. The minimum absolute atomic E-state index is 0.0253. The summed E-state index contributed by atoms with van der Waals surface area (Å²) in [5.41, 5.74) is 0.730. The quantitative estimate of drug-likeness (QED) is 0.872. The lowest BCUT2D eigenvalue weighted by molar-refractivity contribution is -0.137. The zero-order valence-corrected chi connectivity index (χ0v) is 9.07. The largest absolute Gasteiger partial charge is 0.481 e. The van der Waals surface area contributed by atoms with Crippen LogP contribution in [0.3, 0.4) is 0 Å². The Balaban J connectivity index is 2.65. The van der Waals surface area contributed by atoms with Crippen molar-refractivity contribution in [1.82, 2.24) is 0 Å². The molecule has 1 unspecified atom stereocenters. The van der Waals surface area contributed by atoms with Crippen LogP contribution in [0.15, 0.2) is 28.7 Å². The molecule has 76 valence electrons. The van der Waals surface area contributed by atoms with Crippen LogP contribution < -0.4 is 0 Å². The lowest BCUT2D eigenvalue weighted by atomic mass is 10.1. The number of benzene rings is 1. The second kappa shape index (κ2) is 5.12. The number of aliphatic carboxylic acids is 1. The molecule has 1 aromatic carbocycles. The van der Waals surface area contributed by atoms with E-state index in [1.165, 1.54) is 0 Å². The molecule has 0 amide bonds. The SMILES string of the molecule is O=C(O)CCC(O)c1ccccc1Br. The number of carboxylic acid groups (broad SMARTS) is 1. The molecule has 0 aromatic heterocycles. The molecule has 0 heterocycles. The molecule has 1 rings (SSSR count). The van der Waals surface area contributed by atoms with Crippen LogP contribution in [0, 0.1) is 0 Å². The molecular formula is C10H11BrO3. The van der Waals surface area contributed by atoms with Crippen LogP contribution in [0.25, 0.3) is 0 Å². The fraction of sp³-hybridized carbons (Fsp3) is 0.300. The monoisotopic (exact) mass is 258 g/mol. The van der Waals surface area contributed by atoms with E-state index in [9.17, 15) is 9.90 Å². The maximum Gasteiger partial charge on any atom is 0.303 e. The van der Waals surface area contributed by atoms with Crippen molar-refractivity contribution in [3.63, 3.8) is 0 Å². The van der Waals surface area contributed by atoms with Gasteiger partial charge in [0.2, 0.25) is 0 Å². The fourth-order valence-electron chi connectivity index (χ4n) is 1.16. The van der Waals surface area contributed by atoms with Crippen molar-refractivity contribution in [3.8, 4) is 0 Å². The molecule has 0 aliphatic carbocycles. The highest BCUT2D eigenvalue weighted by Crippen LogP contribution is 2.25. The number of carbonyl (C=O) groups is 1. The molecule has 0 fully saturated rings. The Hall–Kier alpha value is -0.870. The number of carboxylic acids is 1. The molecule has 1 atom stereocenters. The smallest absolute Gasteiger partial charge is 0.303 e. The van der Waals surface area contributed by atoms with E-state index < -0.39 is 12.1 Å². The van der Waals surface area contributed by atoms with Crippen molar-refractivity contribution < 1.29 is 15.0 Å². The predicted molar refractivity (Wildman–Crippen MR) is 56.0 cm³/mol. The normalized spacial score (nSPS) is 12.4. The Morgan fingerprint density at radius 1 is 1.43 bits per heavy atom. The van der Waals surface area contributed by atoms with Gasteiger partial charge in [-0.3, -0.25) is 4.79 Å². The lowest BCUT2D eigenvalue weighted by Gasteiger charge is -2.10. The Kier molecular flexibility index (Phi) is 4.10. The first-order valence-electron chi connectivity index (χ1n) is 4.25. The molecule has 3 nitrogen and oxygen atoms in total. The van der Waals surface area contributed by atoms with Gasteiger partial charge in [-0.05, 0) is 18.1 Å². The van der Waals surface area contributed by atoms with Gasteiger partial charge in [0.25, 0.3) is 0 Å². The minimum atomic E-state index is -0.892. The molecular weight excluding hydrogens is 248 g/mol. The van der Waals surface area contributed by atoms with E-state index in [4.69, 9.17) is 5.11 Å². The molecule has 0 saturated heterocycles. The van der Waals surface area contributed by atoms with Gasteiger partial charge in [-0.25, -0.2) is 0 Å². The third-order valence-electron chi connectivity index (χ3n) is 1.90.